The number of hydrogen-bond acceptors (Lipinski definition) is 5. The van der Waals surface area contributed by atoms with Crippen molar-refractivity contribution in [1.29, 1.82) is 0 Å². The molecule has 1 heterocycles. The molecule has 0 bridgehead atoms. The Morgan fingerprint density at radius 3 is 2.76 bits per heavy atom. The molecule has 0 spiro atoms. The Kier molecular flexibility index (Phi) is 4.87. The predicted octanol–water partition coefficient (Wildman–Crippen LogP) is 1.25. The topological polar surface area (TPSA) is 90.3 Å². The number of rotatable bonds is 7. The number of methoxy groups -OCH3 is 1. The van der Waals surface area contributed by atoms with Gasteiger partial charge < -0.3 is 4.74 Å². The van der Waals surface area contributed by atoms with Gasteiger partial charge in [-0.1, -0.05) is 0 Å². The fourth-order valence-corrected chi connectivity index (χ4v) is 3.65. The number of sulfonamides is 1. The fraction of sp³-hybridized carbons (Fsp3) is 0.375. The molecule has 0 unspecified atom stereocenters. The molecule has 1 aromatic carbocycles. The lowest BCUT2D eigenvalue weighted by Gasteiger charge is -2.11. The molecule has 134 valence electrons. The third-order valence-electron chi connectivity index (χ3n) is 3.91. The zero-order chi connectivity index (χ0) is 18.0. The minimum atomic E-state index is -3.98. The summed E-state index contributed by atoms with van der Waals surface area (Å²) in [6.45, 7) is 0.0271. The van der Waals surface area contributed by atoms with E-state index in [0.717, 1.165) is 30.7 Å². The van der Waals surface area contributed by atoms with Crippen LogP contribution in [0.2, 0.25) is 0 Å². The Balaban J connectivity index is 1.72. The third-order valence-corrected chi connectivity index (χ3v) is 5.40. The highest BCUT2D eigenvalue weighted by molar-refractivity contribution is 7.89. The van der Waals surface area contributed by atoms with Crippen LogP contribution in [0.1, 0.15) is 24.5 Å². The second-order valence-corrected chi connectivity index (χ2v) is 7.52. The summed E-state index contributed by atoms with van der Waals surface area (Å²) in [5.41, 5.74) is 0.543. The molecule has 1 aliphatic carbocycles. The number of aromatic nitrogens is 2. The Labute approximate surface area is 144 Å². The van der Waals surface area contributed by atoms with E-state index in [0.29, 0.717) is 5.92 Å². The number of halogens is 1. The van der Waals surface area contributed by atoms with Gasteiger partial charge in [-0.25, -0.2) is 22.2 Å². The van der Waals surface area contributed by atoms with E-state index in [9.17, 15) is 17.6 Å². The van der Waals surface area contributed by atoms with E-state index < -0.39 is 15.8 Å². The van der Waals surface area contributed by atoms with E-state index in [-0.39, 0.29) is 29.3 Å². The van der Waals surface area contributed by atoms with Gasteiger partial charge in [0.25, 0.3) is 5.56 Å². The number of benzene rings is 1. The van der Waals surface area contributed by atoms with Crippen molar-refractivity contribution >= 4 is 10.0 Å². The lowest BCUT2D eigenvalue weighted by atomic mass is 10.3. The van der Waals surface area contributed by atoms with Gasteiger partial charge in [0.2, 0.25) is 10.0 Å². The van der Waals surface area contributed by atoms with E-state index in [4.69, 9.17) is 4.74 Å². The number of ether oxygens (including phenoxy) is 1. The molecule has 0 aliphatic heterocycles. The van der Waals surface area contributed by atoms with Crippen LogP contribution in [0.5, 0.6) is 5.75 Å². The number of nitrogens with zero attached hydrogens (tertiary/aromatic N) is 2. The van der Waals surface area contributed by atoms with E-state index >= 15 is 0 Å². The van der Waals surface area contributed by atoms with Crippen LogP contribution in [-0.4, -0.2) is 31.9 Å². The first-order valence-corrected chi connectivity index (χ1v) is 9.30. The maximum Gasteiger partial charge on any atom is 0.266 e. The highest BCUT2D eigenvalue weighted by Gasteiger charge is 2.25. The van der Waals surface area contributed by atoms with E-state index in [1.54, 1.807) is 6.07 Å². The average molecular weight is 367 g/mol. The minimum Gasteiger partial charge on any atom is -0.495 e. The molecule has 7 nitrogen and oxygen atoms in total. The maximum absolute atomic E-state index is 13.4. The molecular formula is C16H18FN3O4S. The summed E-state index contributed by atoms with van der Waals surface area (Å²) in [6.07, 6.45) is 2.11. The largest absolute Gasteiger partial charge is 0.495 e. The van der Waals surface area contributed by atoms with Gasteiger partial charge in [0.1, 0.15) is 16.5 Å². The third kappa shape index (κ3) is 4.05. The quantitative estimate of drug-likeness (QED) is 0.795. The lowest BCUT2D eigenvalue weighted by Crippen LogP contribution is -2.32. The molecule has 2 aromatic rings. The summed E-state index contributed by atoms with van der Waals surface area (Å²) in [6, 6.07) is 6.39. The van der Waals surface area contributed by atoms with Gasteiger partial charge in [-0.2, -0.15) is 5.10 Å². The molecular weight excluding hydrogens is 349 g/mol. The van der Waals surface area contributed by atoms with E-state index in [2.05, 4.69) is 9.82 Å². The molecule has 0 atom stereocenters. The first kappa shape index (κ1) is 17.6. The van der Waals surface area contributed by atoms with Gasteiger partial charge in [-0.05, 0) is 37.1 Å². The monoisotopic (exact) mass is 367 g/mol. The first-order chi connectivity index (χ1) is 11.9. The molecule has 1 fully saturated rings. The van der Waals surface area contributed by atoms with Crippen LogP contribution in [0.25, 0.3) is 0 Å². The average Bonchev–Trinajstić information content (AvgIpc) is 3.41. The van der Waals surface area contributed by atoms with Crippen LogP contribution >= 0.6 is 0 Å². The van der Waals surface area contributed by atoms with E-state index in [1.807, 2.05) is 0 Å². The number of hydrogen-bond donors (Lipinski definition) is 1. The van der Waals surface area contributed by atoms with Gasteiger partial charge in [-0.3, -0.25) is 4.79 Å². The van der Waals surface area contributed by atoms with Crippen molar-refractivity contribution < 1.29 is 17.5 Å². The molecule has 9 heteroatoms. The summed E-state index contributed by atoms with van der Waals surface area (Å²) in [4.78, 5) is 11.5. The molecule has 0 amide bonds. The summed E-state index contributed by atoms with van der Waals surface area (Å²) in [7, 11) is -2.68. The minimum absolute atomic E-state index is 0.0416. The molecule has 0 saturated heterocycles. The van der Waals surface area contributed by atoms with Crippen molar-refractivity contribution in [3.8, 4) is 5.75 Å². The van der Waals surface area contributed by atoms with Crippen molar-refractivity contribution in [2.45, 2.75) is 30.2 Å². The van der Waals surface area contributed by atoms with Crippen LogP contribution < -0.4 is 15.0 Å². The summed E-state index contributed by atoms with van der Waals surface area (Å²) >= 11 is 0. The standard InChI is InChI=1S/C16H18FN3O4S/c1-24-14-6-4-12(17)10-15(14)25(22,23)18-8-9-20-16(21)7-5-13(19-20)11-2-3-11/h4-7,10-11,18H,2-3,8-9H2,1H3. The second-order valence-electron chi connectivity index (χ2n) is 5.79. The van der Waals surface area contributed by atoms with Crippen LogP contribution in [0.15, 0.2) is 40.0 Å². The van der Waals surface area contributed by atoms with Crippen molar-refractivity contribution in [1.82, 2.24) is 14.5 Å². The highest BCUT2D eigenvalue weighted by atomic mass is 32.2. The Morgan fingerprint density at radius 2 is 2.08 bits per heavy atom. The Bertz CT molecular complexity index is 939. The lowest BCUT2D eigenvalue weighted by molar-refractivity contribution is 0.400. The predicted molar refractivity (Wildman–Crippen MR) is 88.6 cm³/mol. The van der Waals surface area contributed by atoms with Gasteiger partial charge in [0.05, 0.1) is 19.3 Å². The van der Waals surface area contributed by atoms with Crippen molar-refractivity contribution in [3.05, 3.63) is 52.2 Å². The van der Waals surface area contributed by atoms with E-state index in [1.165, 1.54) is 23.9 Å². The molecule has 3 rings (SSSR count). The SMILES string of the molecule is COc1ccc(F)cc1S(=O)(=O)NCCn1nc(C2CC2)ccc1=O. The van der Waals surface area contributed by atoms with Gasteiger partial charge in [0, 0.05) is 18.5 Å². The molecule has 1 saturated carbocycles. The van der Waals surface area contributed by atoms with Gasteiger partial charge >= 0.3 is 0 Å². The Hall–Kier alpha value is -2.26. The zero-order valence-corrected chi connectivity index (χ0v) is 14.4. The molecule has 1 N–H and O–H groups in total. The van der Waals surface area contributed by atoms with Crippen LogP contribution in [0.3, 0.4) is 0 Å². The summed E-state index contributed by atoms with van der Waals surface area (Å²) in [5, 5.41) is 4.26. The van der Waals surface area contributed by atoms with Crippen LogP contribution in [-0.2, 0) is 16.6 Å². The maximum atomic E-state index is 13.4. The van der Waals surface area contributed by atoms with Gasteiger partial charge in [-0.15, -0.1) is 0 Å². The zero-order valence-electron chi connectivity index (χ0n) is 13.6. The van der Waals surface area contributed by atoms with Crippen molar-refractivity contribution in [3.63, 3.8) is 0 Å². The fourth-order valence-electron chi connectivity index (χ4n) is 2.45. The molecule has 25 heavy (non-hydrogen) atoms. The van der Waals surface area contributed by atoms with Crippen LogP contribution in [0.4, 0.5) is 4.39 Å². The molecule has 1 aliphatic rings. The first-order valence-electron chi connectivity index (χ1n) is 7.82. The summed E-state index contributed by atoms with van der Waals surface area (Å²) < 4.78 is 46.6. The summed E-state index contributed by atoms with van der Waals surface area (Å²) in [5.74, 6) is -0.254. The van der Waals surface area contributed by atoms with Crippen molar-refractivity contribution in [2.24, 2.45) is 0 Å². The second kappa shape index (κ2) is 6.93. The van der Waals surface area contributed by atoms with Gasteiger partial charge in [0.15, 0.2) is 0 Å². The highest BCUT2D eigenvalue weighted by Crippen LogP contribution is 2.38. The molecule has 0 radical (unpaired) electrons. The van der Waals surface area contributed by atoms with Crippen molar-refractivity contribution in [2.75, 3.05) is 13.7 Å². The normalized spacial score (nSPS) is 14.5. The Morgan fingerprint density at radius 1 is 1.32 bits per heavy atom. The number of nitrogens with one attached hydrogen (secondary N) is 1. The molecule has 1 aromatic heterocycles. The smallest absolute Gasteiger partial charge is 0.266 e. The van der Waals surface area contributed by atoms with Crippen LogP contribution in [0, 0.1) is 5.82 Å².